The smallest absolute Gasteiger partial charge is 0.220 e. The average Bonchev–Trinajstić information content (AvgIpc) is 2.62. The summed E-state index contributed by atoms with van der Waals surface area (Å²) in [5, 5.41) is 0. The summed E-state index contributed by atoms with van der Waals surface area (Å²) in [6, 6.07) is 9.97. The second kappa shape index (κ2) is 7.07. The lowest BCUT2D eigenvalue weighted by Gasteiger charge is -2.54. The molecule has 2 saturated heterocycles. The maximum atomic E-state index is 6.21. The van der Waals surface area contributed by atoms with Gasteiger partial charge in [-0.15, -0.1) is 0 Å². The Morgan fingerprint density at radius 2 is 1.71 bits per heavy atom. The minimum absolute atomic E-state index is 0.173. The highest BCUT2D eigenvalue weighted by Crippen LogP contribution is 2.42. The van der Waals surface area contributed by atoms with E-state index >= 15 is 0 Å². The molecular weight excluding hydrogens is 312 g/mol. The molecule has 0 aliphatic carbocycles. The second-order valence-corrected chi connectivity index (χ2v) is 6.36. The van der Waals surface area contributed by atoms with Crippen LogP contribution < -0.4 is 0 Å². The highest BCUT2D eigenvalue weighted by molar-refractivity contribution is 5.13. The Hall–Kier alpha value is -1.02. The quantitative estimate of drug-likeness (QED) is 0.822. The van der Waals surface area contributed by atoms with Crippen LogP contribution in [0.15, 0.2) is 30.3 Å². The Bertz CT molecular complexity index is 538. The van der Waals surface area contributed by atoms with Gasteiger partial charge in [-0.2, -0.15) is 0 Å². The zero-order valence-electron chi connectivity index (χ0n) is 14.7. The van der Waals surface area contributed by atoms with Gasteiger partial charge in [-0.1, -0.05) is 30.3 Å². The molecule has 24 heavy (non-hydrogen) atoms. The van der Waals surface area contributed by atoms with E-state index in [0.29, 0.717) is 19.6 Å². The van der Waals surface area contributed by atoms with Gasteiger partial charge in [-0.3, -0.25) is 0 Å². The van der Waals surface area contributed by atoms with Crippen molar-refractivity contribution in [1.29, 1.82) is 0 Å². The van der Waals surface area contributed by atoms with Crippen LogP contribution in [-0.4, -0.2) is 50.9 Å². The number of fused-ring (bicyclic) bond motifs is 1. The Kier molecular flexibility index (Phi) is 5.24. The fourth-order valence-electron chi connectivity index (χ4n) is 3.12. The van der Waals surface area contributed by atoms with Gasteiger partial charge < -0.3 is 28.4 Å². The SMILES string of the molecule is CO[C@@]1(C)O[C@@H]2[C@@H](OCc3ccccc3)OCC[C@H]2O[C@]1(C)OC. The molecule has 3 rings (SSSR count). The first-order chi connectivity index (χ1) is 11.5. The molecule has 0 radical (unpaired) electrons. The third-order valence-electron chi connectivity index (χ3n) is 4.92. The van der Waals surface area contributed by atoms with Crippen LogP contribution in [-0.2, 0) is 35.0 Å². The topological polar surface area (TPSA) is 55.4 Å². The molecule has 2 heterocycles. The van der Waals surface area contributed by atoms with Crippen LogP contribution in [0.25, 0.3) is 0 Å². The lowest BCUT2D eigenvalue weighted by molar-refractivity contribution is -0.471. The Balaban J connectivity index is 1.72. The molecule has 0 aromatic heterocycles. The van der Waals surface area contributed by atoms with Gasteiger partial charge in [0.2, 0.25) is 11.6 Å². The molecule has 6 nitrogen and oxygen atoms in total. The van der Waals surface area contributed by atoms with Gasteiger partial charge in [0.05, 0.1) is 19.3 Å². The molecule has 0 amide bonds. The first-order valence-electron chi connectivity index (χ1n) is 8.24. The third kappa shape index (κ3) is 3.22. The number of hydrogen-bond donors (Lipinski definition) is 0. The zero-order chi connectivity index (χ0) is 17.2. The molecule has 1 aromatic carbocycles. The molecule has 134 valence electrons. The number of rotatable bonds is 5. The lowest BCUT2D eigenvalue weighted by atomic mass is 10.00. The molecule has 1 aromatic rings. The van der Waals surface area contributed by atoms with Gasteiger partial charge in [0, 0.05) is 14.2 Å². The van der Waals surface area contributed by atoms with Crippen LogP contribution >= 0.6 is 0 Å². The Morgan fingerprint density at radius 3 is 2.38 bits per heavy atom. The van der Waals surface area contributed by atoms with E-state index in [9.17, 15) is 0 Å². The van der Waals surface area contributed by atoms with E-state index in [-0.39, 0.29) is 12.2 Å². The highest BCUT2D eigenvalue weighted by Gasteiger charge is 2.59. The molecule has 2 aliphatic heterocycles. The number of methoxy groups -OCH3 is 2. The number of ether oxygens (including phenoxy) is 6. The van der Waals surface area contributed by atoms with Gasteiger partial charge in [-0.25, -0.2) is 0 Å². The fraction of sp³-hybridized carbons (Fsp3) is 0.667. The van der Waals surface area contributed by atoms with Crippen LogP contribution in [0.5, 0.6) is 0 Å². The van der Waals surface area contributed by atoms with E-state index in [1.54, 1.807) is 21.1 Å². The van der Waals surface area contributed by atoms with E-state index in [2.05, 4.69) is 0 Å². The predicted molar refractivity (Wildman–Crippen MR) is 86.2 cm³/mol. The predicted octanol–water partition coefficient (Wildman–Crippen LogP) is 2.46. The van der Waals surface area contributed by atoms with Crippen molar-refractivity contribution in [1.82, 2.24) is 0 Å². The van der Waals surface area contributed by atoms with E-state index in [4.69, 9.17) is 28.4 Å². The zero-order valence-corrected chi connectivity index (χ0v) is 14.7. The van der Waals surface area contributed by atoms with Crippen molar-refractivity contribution in [3.8, 4) is 0 Å². The molecule has 0 N–H and O–H groups in total. The summed E-state index contributed by atoms with van der Waals surface area (Å²) in [5.74, 6) is -2.05. The number of benzene rings is 1. The van der Waals surface area contributed by atoms with Crippen LogP contribution in [0.2, 0.25) is 0 Å². The molecule has 6 heteroatoms. The molecule has 0 spiro atoms. The molecule has 0 bridgehead atoms. The minimum Gasteiger partial charge on any atom is -0.350 e. The van der Waals surface area contributed by atoms with Crippen molar-refractivity contribution in [3.63, 3.8) is 0 Å². The standard InChI is InChI=1S/C18H26O6/c1-17(19-3)18(2,20-4)24-15-14(23-17)10-11-21-16(15)22-12-13-8-6-5-7-9-13/h5-9,14-16H,10-12H2,1-4H3/t14-,15+,16-,17+,18+/m1/s1. The van der Waals surface area contributed by atoms with E-state index in [0.717, 1.165) is 5.56 Å². The maximum Gasteiger partial charge on any atom is 0.220 e. The summed E-state index contributed by atoms with van der Waals surface area (Å²) < 4.78 is 35.2. The minimum atomic E-state index is -1.06. The Labute approximate surface area is 142 Å². The summed E-state index contributed by atoms with van der Waals surface area (Å²) in [6.45, 7) is 4.62. The normalized spacial score (nSPS) is 39.4. The van der Waals surface area contributed by atoms with Crippen LogP contribution in [0.1, 0.15) is 25.8 Å². The van der Waals surface area contributed by atoms with Crippen molar-refractivity contribution in [2.45, 2.75) is 56.9 Å². The van der Waals surface area contributed by atoms with Gasteiger partial charge >= 0.3 is 0 Å². The Morgan fingerprint density at radius 1 is 1.04 bits per heavy atom. The fourth-order valence-corrected chi connectivity index (χ4v) is 3.12. The van der Waals surface area contributed by atoms with Crippen LogP contribution in [0.3, 0.4) is 0 Å². The highest BCUT2D eigenvalue weighted by atomic mass is 16.8. The van der Waals surface area contributed by atoms with E-state index < -0.39 is 17.9 Å². The number of hydrogen-bond acceptors (Lipinski definition) is 6. The average molecular weight is 338 g/mol. The van der Waals surface area contributed by atoms with Gasteiger partial charge in [0.1, 0.15) is 6.10 Å². The maximum absolute atomic E-state index is 6.21. The molecule has 2 fully saturated rings. The summed E-state index contributed by atoms with van der Waals surface area (Å²) in [6.07, 6.45) is -0.350. The van der Waals surface area contributed by atoms with Gasteiger partial charge in [0.25, 0.3) is 0 Å². The first-order valence-corrected chi connectivity index (χ1v) is 8.24. The van der Waals surface area contributed by atoms with Crippen molar-refractivity contribution >= 4 is 0 Å². The monoisotopic (exact) mass is 338 g/mol. The summed E-state index contributed by atoms with van der Waals surface area (Å²) >= 11 is 0. The van der Waals surface area contributed by atoms with Crippen molar-refractivity contribution in [2.75, 3.05) is 20.8 Å². The van der Waals surface area contributed by atoms with Gasteiger partial charge in [-0.05, 0) is 25.8 Å². The molecule has 0 saturated carbocycles. The molecule has 2 aliphatic rings. The van der Waals surface area contributed by atoms with Crippen LogP contribution in [0.4, 0.5) is 0 Å². The van der Waals surface area contributed by atoms with Crippen molar-refractivity contribution in [2.24, 2.45) is 0 Å². The van der Waals surface area contributed by atoms with Crippen molar-refractivity contribution in [3.05, 3.63) is 35.9 Å². The third-order valence-corrected chi connectivity index (χ3v) is 4.92. The molecule has 0 unspecified atom stereocenters. The largest absolute Gasteiger partial charge is 0.350 e. The summed E-state index contributed by atoms with van der Waals surface area (Å²) in [5.41, 5.74) is 1.08. The van der Waals surface area contributed by atoms with Gasteiger partial charge in [0.15, 0.2) is 6.29 Å². The van der Waals surface area contributed by atoms with E-state index in [1.807, 2.05) is 37.3 Å². The first kappa shape index (κ1) is 17.8. The molecular formula is C18H26O6. The molecule has 5 atom stereocenters. The van der Waals surface area contributed by atoms with Crippen LogP contribution in [0, 0.1) is 0 Å². The summed E-state index contributed by atoms with van der Waals surface area (Å²) in [7, 11) is 3.16. The van der Waals surface area contributed by atoms with Crippen molar-refractivity contribution < 1.29 is 28.4 Å². The summed E-state index contributed by atoms with van der Waals surface area (Å²) in [4.78, 5) is 0. The lowest BCUT2D eigenvalue weighted by Crippen LogP contribution is -2.68. The van der Waals surface area contributed by atoms with E-state index in [1.165, 1.54) is 0 Å². The second-order valence-electron chi connectivity index (χ2n) is 6.36.